The molecule has 1 aromatic heterocycles. The number of aliphatic hydroxyl groups is 1. The number of para-hydroxylation sites is 1. The van der Waals surface area contributed by atoms with Crippen molar-refractivity contribution < 1.29 is 14.3 Å². The molecule has 3 nitrogen and oxygen atoms in total. The van der Waals surface area contributed by atoms with Crippen LogP contribution in [0.2, 0.25) is 0 Å². The second-order valence-corrected chi connectivity index (χ2v) is 5.22. The van der Waals surface area contributed by atoms with E-state index in [0.29, 0.717) is 12.4 Å². The third kappa shape index (κ3) is 2.71. The van der Waals surface area contributed by atoms with Crippen molar-refractivity contribution in [2.75, 3.05) is 7.11 Å². The van der Waals surface area contributed by atoms with E-state index < -0.39 is 6.10 Å². The Morgan fingerprint density at radius 2 is 1.90 bits per heavy atom. The number of methoxy groups -OCH3 is 1. The molecule has 1 atom stereocenters. The van der Waals surface area contributed by atoms with Crippen molar-refractivity contribution in [3.8, 4) is 0 Å². The first-order valence-electron chi connectivity index (χ1n) is 6.94. The summed E-state index contributed by atoms with van der Waals surface area (Å²) in [6.45, 7) is 2.57. The molecular weight excluding hydrogens is 264 g/mol. The van der Waals surface area contributed by atoms with Gasteiger partial charge in [-0.2, -0.15) is 0 Å². The van der Waals surface area contributed by atoms with E-state index in [4.69, 9.17) is 9.15 Å². The van der Waals surface area contributed by atoms with Crippen LogP contribution in [0.3, 0.4) is 0 Å². The maximum Gasteiger partial charge on any atom is 0.138 e. The third-order valence-electron chi connectivity index (χ3n) is 3.64. The molecule has 0 aliphatic heterocycles. The predicted molar refractivity (Wildman–Crippen MR) is 82.2 cm³/mol. The van der Waals surface area contributed by atoms with Gasteiger partial charge in [0.05, 0.1) is 6.61 Å². The molecular formula is C18H18O3. The summed E-state index contributed by atoms with van der Waals surface area (Å²) >= 11 is 0. The van der Waals surface area contributed by atoms with Crippen LogP contribution >= 0.6 is 0 Å². The van der Waals surface area contributed by atoms with Gasteiger partial charge in [0, 0.05) is 12.5 Å². The predicted octanol–water partition coefficient (Wildman–Crippen LogP) is 3.97. The Bertz CT molecular complexity index is 741. The second kappa shape index (κ2) is 5.72. The molecule has 0 saturated carbocycles. The van der Waals surface area contributed by atoms with Crippen molar-refractivity contribution in [2.24, 2.45) is 0 Å². The number of ether oxygens (including phenoxy) is 1. The molecule has 0 amide bonds. The van der Waals surface area contributed by atoms with Crippen LogP contribution in [0.1, 0.15) is 28.6 Å². The second-order valence-electron chi connectivity index (χ2n) is 5.22. The zero-order chi connectivity index (χ0) is 14.8. The van der Waals surface area contributed by atoms with Crippen molar-refractivity contribution in [1.29, 1.82) is 0 Å². The number of rotatable bonds is 4. The van der Waals surface area contributed by atoms with Gasteiger partial charge in [-0.1, -0.05) is 42.5 Å². The van der Waals surface area contributed by atoms with Crippen LogP contribution in [0.4, 0.5) is 0 Å². The molecule has 0 aliphatic rings. The Morgan fingerprint density at radius 3 is 2.57 bits per heavy atom. The van der Waals surface area contributed by atoms with E-state index in [-0.39, 0.29) is 0 Å². The molecule has 21 heavy (non-hydrogen) atoms. The minimum Gasteiger partial charge on any atom is -0.458 e. The largest absolute Gasteiger partial charge is 0.458 e. The lowest BCUT2D eigenvalue weighted by Gasteiger charge is -2.09. The minimum atomic E-state index is -0.756. The van der Waals surface area contributed by atoms with E-state index >= 15 is 0 Å². The Hall–Kier alpha value is -2.10. The zero-order valence-corrected chi connectivity index (χ0v) is 12.2. The summed E-state index contributed by atoms with van der Waals surface area (Å²) in [7, 11) is 1.67. The molecule has 1 heterocycles. The average molecular weight is 282 g/mol. The molecule has 2 aromatic carbocycles. The van der Waals surface area contributed by atoms with Gasteiger partial charge < -0.3 is 14.3 Å². The van der Waals surface area contributed by atoms with E-state index in [9.17, 15) is 5.11 Å². The first kappa shape index (κ1) is 13.9. The number of aryl methyl sites for hydroxylation is 1. The Labute approximate surface area is 123 Å². The van der Waals surface area contributed by atoms with Crippen molar-refractivity contribution in [2.45, 2.75) is 19.6 Å². The Morgan fingerprint density at radius 1 is 1.14 bits per heavy atom. The molecule has 0 radical (unpaired) electrons. The molecule has 0 saturated heterocycles. The summed E-state index contributed by atoms with van der Waals surface area (Å²) in [6, 6.07) is 15.6. The number of fused-ring (bicyclic) bond motifs is 1. The maximum atomic E-state index is 10.5. The normalized spacial score (nSPS) is 12.7. The van der Waals surface area contributed by atoms with Gasteiger partial charge in [0.1, 0.15) is 17.4 Å². The van der Waals surface area contributed by atoms with Gasteiger partial charge >= 0.3 is 0 Å². The molecule has 1 N–H and O–H groups in total. The Balaban J connectivity index is 1.92. The summed E-state index contributed by atoms with van der Waals surface area (Å²) in [5.74, 6) is 0.568. The van der Waals surface area contributed by atoms with Crippen LogP contribution in [-0.2, 0) is 11.3 Å². The topological polar surface area (TPSA) is 42.6 Å². The van der Waals surface area contributed by atoms with E-state index in [1.54, 1.807) is 7.11 Å². The van der Waals surface area contributed by atoms with Gasteiger partial charge in [-0.3, -0.25) is 0 Å². The summed E-state index contributed by atoms with van der Waals surface area (Å²) in [6.07, 6.45) is -0.756. The minimum absolute atomic E-state index is 0.568. The molecule has 3 heteroatoms. The lowest BCUT2D eigenvalue weighted by atomic mass is 10.1. The van der Waals surface area contributed by atoms with E-state index in [1.807, 2.05) is 55.5 Å². The van der Waals surface area contributed by atoms with Crippen LogP contribution in [-0.4, -0.2) is 12.2 Å². The standard InChI is InChI=1S/C18H18O3/c1-12-4-3-5-15-10-16(21-18(12)15)17(19)14-8-6-13(7-9-14)11-20-2/h3-10,17,19H,11H2,1-2H3. The third-order valence-corrected chi connectivity index (χ3v) is 3.64. The molecule has 3 rings (SSSR count). The Kier molecular flexibility index (Phi) is 3.78. The van der Waals surface area contributed by atoms with Gasteiger partial charge in [0.15, 0.2) is 0 Å². The first-order chi connectivity index (χ1) is 10.2. The molecule has 0 fully saturated rings. The smallest absolute Gasteiger partial charge is 0.138 e. The van der Waals surface area contributed by atoms with Crippen LogP contribution in [0.15, 0.2) is 52.9 Å². The van der Waals surface area contributed by atoms with Crippen LogP contribution in [0.5, 0.6) is 0 Å². The lowest BCUT2D eigenvalue weighted by Crippen LogP contribution is -1.98. The number of furan rings is 1. The van der Waals surface area contributed by atoms with Crippen LogP contribution in [0.25, 0.3) is 11.0 Å². The number of benzene rings is 2. The highest BCUT2D eigenvalue weighted by molar-refractivity contribution is 5.81. The SMILES string of the molecule is COCc1ccc(C(O)c2cc3cccc(C)c3o2)cc1. The van der Waals surface area contributed by atoms with Crippen LogP contribution < -0.4 is 0 Å². The monoisotopic (exact) mass is 282 g/mol. The molecule has 0 spiro atoms. The number of hydrogen-bond donors (Lipinski definition) is 1. The van der Waals surface area contributed by atoms with E-state index in [1.165, 1.54) is 0 Å². The van der Waals surface area contributed by atoms with Crippen molar-refractivity contribution in [1.82, 2.24) is 0 Å². The highest BCUT2D eigenvalue weighted by Crippen LogP contribution is 2.29. The molecule has 0 bridgehead atoms. The summed E-state index contributed by atoms with van der Waals surface area (Å²) in [5, 5.41) is 11.5. The average Bonchev–Trinajstić information content (AvgIpc) is 2.93. The van der Waals surface area contributed by atoms with E-state index in [2.05, 4.69) is 0 Å². The van der Waals surface area contributed by atoms with Crippen molar-refractivity contribution >= 4 is 11.0 Å². The fourth-order valence-electron chi connectivity index (χ4n) is 2.49. The van der Waals surface area contributed by atoms with Crippen molar-refractivity contribution in [3.05, 3.63) is 71.0 Å². The molecule has 1 unspecified atom stereocenters. The van der Waals surface area contributed by atoms with E-state index in [0.717, 1.165) is 27.7 Å². The van der Waals surface area contributed by atoms with Gasteiger partial charge in [-0.05, 0) is 29.7 Å². The fraction of sp³-hybridized carbons (Fsp3) is 0.222. The molecule has 0 aliphatic carbocycles. The van der Waals surface area contributed by atoms with Gasteiger partial charge in [-0.25, -0.2) is 0 Å². The number of aliphatic hydroxyl groups excluding tert-OH is 1. The fourth-order valence-corrected chi connectivity index (χ4v) is 2.49. The summed E-state index contributed by atoms with van der Waals surface area (Å²) < 4.78 is 10.9. The van der Waals surface area contributed by atoms with Gasteiger partial charge in [0.2, 0.25) is 0 Å². The quantitative estimate of drug-likeness (QED) is 0.787. The maximum absolute atomic E-state index is 10.5. The number of hydrogen-bond acceptors (Lipinski definition) is 3. The first-order valence-corrected chi connectivity index (χ1v) is 6.94. The van der Waals surface area contributed by atoms with Crippen LogP contribution in [0, 0.1) is 6.92 Å². The highest BCUT2D eigenvalue weighted by Gasteiger charge is 2.16. The zero-order valence-electron chi connectivity index (χ0n) is 12.2. The summed E-state index contributed by atoms with van der Waals surface area (Å²) in [5.41, 5.74) is 3.80. The molecule has 3 aromatic rings. The lowest BCUT2D eigenvalue weighted by molar-refractivity contribution is 0.184. The highest BCUT2D eigenvalue weighted by atomic mass is 16.5. The van der Waals surface area contributed by atoms with Gasteiger partial charge in [0.25, 0.3) is 0 Å². The molecule has 108 valence electrons. The van der Waals surface area contributed by atoms with Gasteiger partial charge in [-0.15, -0.1) is 0 Å². The summed E-state index contributed by atoms with van der Waals surface area (Å²) in [4.78, 5) is 0. The van der Waals surface area contributed by atoms with Crippen molar-refractivity contribution in [3.63, 3.8) is 0 Å².